The first-order chi connectivity index (χ1) is 9.70. The minimum absolute atomic E-state index is 0.228. The van der Waals surface area contributed by atoms with Crippen molar-refractivity contribution in [3.05, 3.63) is 29.6 Å². The van der Waals surface area contributed by atoms with Gasteiger partial charge in [0.25, 0.3) is 0 Å². The van der Waals surface area contributed by atoms with Crippen molar-refractivity contribution in [3.8, 4) is 0 Å². The Balaban J connectivity index is 1.97. The third-order valence-electron chi connectivity index (χ3n) is 4.44. The first-order valence-electron chi connectivity index (χ1n) is 7.11. The van der Waals surface area contributed by atoms with E-state index >= 15 is 0 Å². The van der Waals surface area contributed by atoms with E-state index in [9.17, 15) is 8.78 Å². The minimum atomic E-state index is -0.815. The zero-order valence-corrected chi connectivity index (χ0v) is 11.7. The van der Waals surface area contributed by atoms with Crippen LogP contribution in [0.4, 0.5) is 8.78 Å². The molecule has 4 rings (SSSR count). The van der Waals surface area contributed by atoms with E-state index in [0.29, 0.717) is 28.7 Å². The second-order valence-electron chi connectivity index (χ2n) is 5.93. The highest BCUT2D eigenvalue weighted by molar-refractivity contribution is 6.16. The van der Waals surface area contributed by atoms with E-state index in [1.165, 1.54) is 31.7 Å². The summed E-state index contributed by atoms with van der Waals surface area (Å²) in [4.78, 5) is 4.40. The number of aromatic nitrogens is 2. The van der Waals surface area contributed by atoms with Gasteiger partial charge in [-0.1, -0.05) is 0 Å². The molecule has 0 N–H and O–H groups in total. The lowest BCUT2D eigenvalue weighted by atomic mass is 10.1. The molecule has 1 heterocycles. The molecule has 0 spiro atoms. The van der Waals surface area contributed by atoms with Gasteiger partial charge in [-0.3, -0.25) is 0 Å². The van der Waals surface area contributed by atoms with Gasteiger partial charge in [-0.25, -0.2) is 13.8 Å². The molecule has 2 aliphatic carbocycles. The number of nitrogens with zero attached hydrogens (tertiary/aromatic N) is 2. The van der Waals surface area contributed by atoms with Crippen molar-refractivity contribution in [1.29, 1.82) is 0 Å². The van der Waals surface area contributed by atoms with Gasteiger partial charge in [0, 0.05) is 6.04 Å². The molecular formula is C15H15ClF2N2. The molecule has 0 aliphatic heterocycles. The molecule has 1 aromatic heterocycles. The number of hydrogen-bond acceptors (Lipinski definition) is 1. The van der Waals surface area contributed by atoms with Gasteiger partial charge in [-0.2, -0.15) is 0 Å². The molecule has 0 radical (unpaired) electrons. The molecule has 2 nitrogen and oxygen atoms in total. The number of rotatable bonds is 4. The summed E-state index contributed by atoms with van der Waals surface area (Å²) >= 11 is 5.99. The van der Waals surface area contributed by atoms with E-state index in [1.54, 1.807) is 0 Å². The Morgan fingerprint density at radius 2 is 1.85 bits per heavy atom. The third kappa shape index (κ3) is 1.85. The second-order valence-corrected chi connectivity index (χ2v) is 6.19. The predicted molar refractivity (Wildman–Crippen MR) is 73.7 cm³/mol. The fourth-order valence-electron chi connectivity index (χ4n) is 3.27. The van der Waals surface area contributed by atoms with Crippen LogP contribution in [0.25, 0.3) is 11.0 Å². The lowest BCUT2D eigenvalue weighted by molar-refractivity contribution is 0.390. The first kappa shape index (κ1) is 12.6. The maximum Gasteiger partial charge on any atom is 0.184 e. The van der Waals surface area contributed by atoms with Crippen molar-refractivity contribution >= 4 is 22.6 Å². The Morgan fingerprint density at radius 3 is 2.40 bits per heavy atom. The SMILES string of the molecule is Fc1ccc2nc(CCl)n(C(C3CC3)C3CC3)c2c1F. The average Bonchev–Trinajstić information content (AvgIpc) is 3.33. The van der Waals surface area contributed by atoms with Crippen molar-refractivity contribution in [3.63, 3.8) is 0 Å². The van der Waals surface area contributed by atoms with Crippen molar-refractivity contribution in [2.75, 3.05) is 0 Å². The third-order valence-corrected chi connectivity index (χ3v) is 4.68. The van der Waals surface area contributed by atoms with Gasteiger partial charge in [0.2, 0.25) is 0 Å². The Bertz CT molecular complexity index is 662. The van der Waals surface area contributed by atoms with Crippen LogP contribution in [0.15, 0.2) is 12.1 Å². The van der Waals surface area contributed by atoms with Gasteiger partial charge in [0.05, 0.1) is 11.4 Å². The van der Waals surface area contributed by atoms with E-state index in [2.05, 4.69) is 4.98 Å². The molecule has 2 saturated carbocycles. The molecule has 0 amide bonds. The molecular weight excluding hydrogens is 282 g/mol. The van der Waals surface area contributed by atoms with Gasteiger partial charge < -0.3 is 4.57 Å². The predicted octanol–water partition coefficient (Wildman–Crippen LogP) is 4.41. The molecule has 20 heavy (non-hydrogen) atoms. The van der Waals surface area contributed by atoms with Crippen molar-refractivity contribution in [2.24, 2.45) is 11.8 Å². The molecule has 0 saturated heterocycles. The highest BCUT2D eigenvalue weighted by Gasteiger charge is 2.44. The smallest absolute Gasteiger partial charge is 0.184 e. The topological polar surface area (TPSA) is 17.8 Å². The van der Waals surface area contributed by atoms with E-state index in [-0.39, 0.29) is 11.9 Å². The summed E-state index contributed by atoms with van der Waals surface area (Å²) in [6, 6.07) is 2.91. The molecule has 2 aliphatic rings. The largest absolute Gasteiger partial charge is 0.321 e. The van der Waals surface area contributed by atoms with E-state index in [1.807, 2.05) is 4.57 Å². The minimum Gasteiger partial charge on any atom is -0.321 e. The second kappa shape index (κ2) is 4.42. The van der Waals surface area contributed by atoms with Crippen LogP contribution in [0.1, 0.15) is 37.5 Å². The molecule has 106 valence electrons. The summed E-state index contributed by atoms with van der Waals surface area (Å²) in [5, 5.41) is 0. The van der Waals surface area contributed by atoms with Crippen molar-refractivity contribution < 1.29 is 8.78 Å². The molecule has 0 atom stereocenters. The summed E-state index contributed by atoms with van der Waals surface area (Å²) in [6.45, 7) is 0. The van der Waals surface area contributed by atoms with Crippen LogP contribution in [0.5, 0.6) is 0 Å². The first-order valence-corrected chi connectivity index (χ1v) is 7.65. The van der Waals surface area contributed by atoms with Gasteiger partial charge >= 0.3 is 0 Å². The number of halogens is 3. The molecule has 0 unspecified atom stereocenters. The van der Waals surface area contributed by atoms with Crippen LogP contribution in [0.3, 0.4) is 0 Å². The highest BCUT2D eigenvalue weighted by atomic mass is 35.5. The summed E-state index contributed by atoms with van der Waals surface area (Å²) in [7, 11) is 0. The summed E-state index contributed by atoms with van der Waals surface area (Å²) in [5.41, 5.74) is 0.801. The molecule has 1 aromatic carbocycles. The van der Waals surface area contributed by atoms with Gasteiger partial charge in [-0.05, 0) is 49.7 Å². The number of alkyl halides is 1. The molecule has 5 heteroatoms. The van der Waals surface area contributed by atoms with Crippen LogP contribution in [0, 0.1) is 23.5 Å². The summed E-state index contributed by atoms with van der Waals surface area (Å²) in [6.07, 6.45) is 4.66. The number of imidazole rings is 1. The normalized spacial score (nSPS) is 19.2. The van der Waals surface area contributed by atoms with Gasteiger partial charge in [0.1, 0.15) is 11.3 Å². The van der Waals surface area contributed by atoms with Crippen LogP contribution >= 0.6 is 11.6 Å². The van der Waals surface area contributed by atoms with E-state index in [4.69, 9.17) is 11.6 Å². The lowest BCUT2D eigenvalue weighted by Gasteiger charge is -2.21. The van der Waals surface area contributed by atoms with E-state index < -0.39 is 11.6 Å². The molecule has 2 aromatic rings. The lowest BCUT2D eigenvalue weighted by Crippen LogP contribution is -2.16. The fourth-order valence-corrected chi connectivity index (χ4v) is 3.46. The molecule has 0 bridgehead atoms. The van der Waals surface area contributed by atoms with Gasteiger partial charge in [-0.15, -0.1) is 11.6 Å². The average molecular weight is 297 g/mol. The Labute approximate surface area is 120 Å². The van der Waals surface area contributed by atoms with Crippen LogP contribution in [0.2, 0.25) is 0 Å². The maximum absolute atomic E-state index is 14.3. The number of fused-ring (bicyclic) bond motifs is 1. The van der Waals surface area contributed by atoms with Gasteiger partial charge in [0.15, 0.2) is 11.6 Å². The standard InChI is InChI=1S/C15H15ClF2N2/c16-7-12-19-11-6-5-10(17)13(18)15(11)20(12)14(8-1-2-8)9-3-4-9/h5-6,8-9,14H,1-4,7H2. The van der Waals surface area contributed by atoms with Crippen LogP contribution in [-0.4, -0.2) is 9.55 Å². The number of benzene rings is 1. The maximum atomic E-state index is 14.3. The van der Waals surface area contributed by atoms with Crippen molar-refractivity contribution in [2.45, 2.75) is 37.6 Å². The van der Waals surface area contributed by atoms with E-state index in [0.717, 1.165) is 6.07 Å². The quantitative estimate of drug-likeness (QED) is 0.764. The van der Waals surface area contributed by atoms with Crippen molar-refractivity contribution in [1.82, 2.24) is 9.55 Å². The van der Waals surface area contributed by atoms with Crippen LogP contribution < -0.4 is 0 Å². The monoisotopic (exact) mass is 296 g/mol. The highest BCUT2D eigenvalue weighted by Crippen LogP contribution is 2.53. The molecule has 2 fully saturated rings. The summed E-state index contributed by atoms with van der Waals surface area (Å²) in [5.74, 6) is 0.429. The summed E-state index contributed by atoms with van der Waals surface area (Å²) < 4.78 is 29.7. The number of hydrogen-bond donors (Lipinski definition) is 0. The Hall–Kier alpha value is -1.16. The van der Waals surface area contributed by atoms with Crippen LogP contribution in [-0.2, 0) is 5.88 Å². The fraction of sp³-hybridized carbons (Fsp3) is 0.533. The Kier molecular flexibility index (Phi) is 2.78. The zero-order chi connectivity index (χ0) is 13.9. The Morgan fingerprint density at radius 1 is 1.20 bits per heavy atom. The zero-order valence-electron chi connectivity index (χ0n) is 11.0.